The van der Waals surface area contributed by atoms with Gasteiger partial charge in [0.1, 0.15) is 5.75 Å². The van der Waals surface area contributed by atoms with Crippen molar-refractivity contribution in [1.29, 1.82) is 0 Å². The first-order valence-corrected chi connectivity index (χ1v) is 8.40. The molecule has 1 aromatic carbocycles. The molecular formula is C16H25NOS. The summed E-state index contributed by atoms with van der Waals surface area (Å²) in [6.45, 7) is 8.41. The Labute approximate surface area is 121 Å². The second-order valence-corrected chi connectivity index (χ2v) is 6.58. The third-order valence-electron chi connectivity index (χ3n) is 3.54. The van der Waals surface area contributed by atoms with E-state index >= 15 is 0 Å². The molecule has 0 saturated heterocycles. The van der Waals surface area contributed by atoms with Crippen LogP contribution in [-0.2, 0) is 5.75 Å². The number of rotatable bonds is 5. The molecule has 0 fully saturated rings. The van der Waals surface area contributed by atoms with Gasteiger partial charge in [-0.05, 0) is 49.6 Å². The molecule has 0 aliphatic carbocycles. The van der Waals surface area contributed by atoms with E-state index in [1.807, 2.05) is 6.92 Å². The summed E-state index contributed by atoms with van der Waals surface area (Å²) >= 11 is 2.06. The standard InChI is InChI=1S/C16H25NOS/c1-4-8-17-16-9-12(3)19-11-13-6-7-14(18-5-2)10-15(13)16/h6-7,10,12,16-17H,4-5,8-9,11H2,1-3H3. The van der Waals surface area contributed by atoms with E-state index in [4.69, 9.17) is 4.74 Å². The van der Waals surface area contributed by atoms with Crippen LogP contribution in [0.3, 0.4) is 0 Å². The lowest BCUT2D eigenvalue weighted by Gasteiger charge is -2.21. The van der Waals surface area contributed by atoms with Gasteiger partial charge in [0.25, 0.3) is 0 Å². The first-order chi connectivity index (χ1) is 9.24. The summed E-state index contributed by atoms with van der Waals surface area (Å²) in [7, 11) is 0. The van der Waals surface area contributed by atoms with Gasteiger partial charge in [-0.2, -0.15) is 11.8 Å². The molecule has 2 unspecified atom stereocenters. The minimum absolute atomic E-state index is 0.473. The van der Waals surface area contributed by atoms with Crippen LogP contribution in [-0.4, -0.2) is 18.4 Å². The lowest BCUT2D eigenvalue weighted by Crippen LogP contribution is -2.24. The molecule has 0 spiro atoms. The third kappa shape index (κ3) is 3.90. The van der Waals surface area contributed by atoms with Gasteiger partial charge in [0.2, 0.25) is 0 Å². The smallest absolute Gasteiger partial charge is 0.119 e. The quantitative estimate of drug-likeness (QED) is 0.875. The van der Waals surface area contributed by atoms with Crippen molar-refractivity contribution >= 4 is 11.8 Å². The Bertz CT molecular complexity index is 408. The zero-order valence-electron chi connectivity index (χ0n) is 12.2. The van der Waals surface area contributed by atoms with Crippen LogP contribution in [0.4, 0.5) is 0 Å². The summed E-state index contributed by atoms with van der Waals surface area (Å²) in [6.07, 6.45) is 2.38. The minimum atomic E-state index is 0.473. The Morgan fingerprint density at radius 3 is 2.95 bits per heavy atom. The molecule has 2 nitrogen and oxygen atoms in total. The Balaban J connectivity index is 2.25. The normalized spacial score (nSPS) is 22.7. The number of nitrogens with one attached hydrogen (secondary N) is 1. The summed E-state index contributed by atoms with van der Waals surface area (Å²) in [5, 5.41) is 4.40. The Hall–Kier alpha value is -0.670. The molecule has 1 aromatic rings. The second-order valence-electron chi connectivity index (χ2n) is 5.16. The lowest BCUT2D eigenvalue weighted by molar-refractivity contribution is 0.339. The Kier molecular flexibility index (Phi) is 5.59. The zero-order chi connectivity index (χ0) is 13.7. The number of thioether (sulfide) groups is 1. The van der Waals surface area contributed by atoms with Crippen LogP contribution < -0.4 is 10.1 Å². The molecule has 1 N–H and O–H groups in total. The first kappa shape index (κ1) is 14.7. The first-order valence-electron chi connectivity index (χ1n) is 7.35. The van der Waals surface area contributed by atoms with E-state index in [-0.39, 0.29) is 0 Å². The topological polar surface area (TPSA) is 21.3 Å². The predicted molar refractivity (Wildman–Crippen MR) is 84.0 cm³/mol. The van der Waals surface area contributed by atoms with Crippen molar-refractivity contribution in [2.24, 2.45) is 0 Å². The van der Waals surface area contributed by atoms with Crippen molar-refractivity contribution in [1.82, 2.24) is 5.32 Å². The number of hydrogen-bond donors (Lipinski definition) is 1. The van der Waals surface area contributed by atoms with E-state index in [2.05, 4.69) is 49.1 Å². The van der Waals surface area contributed by atoms with E-state index in [1.165, 1.54) is 24.0 Å². The molecular weight excluding hydrogens is 254 g/mol. The highest BCUT2D eigenvalue weighted by molar-refractivity contribution is 7.99. The molecule has 0 saturated carbocycles. The molecule has 2 atom stereocenters. The number of fused-ring (bicyclic) bond motifs is 1. The molecule has 106 valence electrons. The van der Waals surface area contributed by atoms with Crippen molar-refractivity contribution in [3.63, 3.8) is 0 Å². The second kappa shape index (κ2) is 7.20. The van der Waals surface area contributed by atoms with Crippen LogP contribution in [0.5, 0.6) is 5.75 Å². The maximum absolute atomic E-state index is 5.66. The van der Waals surface area contributed by atoms with E-state index < -0.39 is 0 Å². The van der Waals surface area contributed by atoms with Crippen LogP contribution in [0.2, 0.25) is 0 Å². The molecule has 1 aliphatic rings. The third-order valence-corrected chi connectivity index (χ3v) is 4.77. The average molecular weight is 279 g/mol. The summed E-state index contributed by atoms with van der Waals surface area (Å²) in [4.78, 5) is 0. The monoisotopic (exact) mass is 279 g/mol. The zero-order valence-corrected chi connectivity index (χ0v) is 13.1. The lowest BCUT2D eigenvalue weighted by atomic mass is 9.97. The van der Waals surface area contributed by atoms with Crippen LogP contribution >= 0.6 is 11.8 Å². The highest BCUT2D eigenvalue weighted by Crippen LogP contribution is 2.36. The van der Waals surface area contributed by atoms with Gasteiger partial charge in [-0.1, -0.05) is 19.9 Å². The highest BCUT2D eigenvalue weighted by atomic mass is 32.2. The van der Waals surface area contributed by atoms with Gasteiger partial charge in [0.05, 0.1) is 6.61 Å². The van der Waals surface area contributed by atoms with Gasteiger partial charge in [-0.15, -0.1) is 0 Å². The van der Waals surface area contributed by atoms with Gasteiger partial charge in [-0.25, -0.2) is 0 Å². The van der Waals surface area contributed by atoms with Crippen LogP contribution in [0, 0.1) is 0 Å². The van der Waals surface area contributed by atoms with Crippen LogP contribution in [0.1, 0.15) is 50.8 Å². The molecule has 0 bridgehead atoms. The summed E-state index contributed by atoms with van der Waals surface area (Å²) in [6, 6.07) is 7.06. The fourth-order valence-corrected chi connectivity index (χ4v) is 3.61. The van der Waals surface area contributed by atoms with E-state index in [0.717, 1.165) is 24.7 Å². The van der Waals surface area contributed by atoms with Crippen LogP contribution in [0.15, 0.2) is 18.2 Å². The maximum atomic E-state index is 5.66. The summed E-state index contributed by atoms with van der Waals surface area (Å²) in [5.74, 6) is 2.12. The van der Waals surface area contributed by atoms with Gasteiger partial charge >= 0.3 is 0 Å². The van der Waals surface area contributed by atoms with Crippen molar-refractivity contribution < 1.29 is 4.74 Å². The van der Waals surface area contributed by atoms with Crippen molar-refractivity contribution in [2.45, 2.75) is 50.7 Å². The molecule has 3 heteroatoms. The Morgan fingerprint density at radius 2 is 2.21 bits per heavy atom. The molecule has 2 rings (SSSR count). The molecule has 0 amide bonds. The molecule has 19 heavy (non-hydrogen) atoms. The molecule has 0 aromatic heterocycles. The van der Waals surface area contributed by atoms with E-state index in [0.29, 0.717) is 11.3 Å². The van der Waals surface area contributed by atoms with E-state index in [1.54, 1.807) is 0 Å². The largest absolute Gasteiger partial charge is 0.494 e. The highest BCUT2D eigenvalue weighted by Gasteiger charge is 2.22. The summed E-state index contributed by atoms with van der Waals surface area (Å²) in [5.41, 5.74) is 2.91. The van der Waals surface area contributed by atoms with Crippen molar-refractivity contribution in [3.8, 4) is 5.75 Å². The number of hydrogen-bond acceptors (Lipinski definition) is 3. The minimum Gasteiger partial charge on any atom is -0.494 e. The number of ether oxygens (including phenoxy) is 1. The predicted octanol–water partition coefficient (Wildman–Crippen LogP) is 4.15. The Morgan fingerprint density at radius 1 is 1.37 bits per heavy atom. The molecule has 0 radical (unpaired) electrons. The van der Waals surface area contributed by atoms with Gasteiger partial charge < -0.3 is 10.1 Å². The van der Waals surface area contributed by atoms with Crippen molar-refractivity contribution in [2.75, 3.05) is 13.2 Å². The van der Waals surface area contributed by atoms with Gasteiger partial charge in [-0.3, -0.25) is 0 Å². The van der Waals surface area contributed by atoms with Crippen LogP contribution in [0.25, 0.3) is 0 Å². The fraction of sp³-hybridized carbons (Fsp3) is 0.625. The average Bonchev–Trinajstić information content (AvgIpc) is 2.56. The van der Waals surface area contributed by atoms with Crippen molar-refractivity contribution in [3.05, 3.63) is 29.3 Å². The summed E-state index contributed by atoms with van der Waals surface area (Å²) < 4.78 is 5.66. The SMILES string of the molecule is CCCNC1CC(C)SCc2ccc(OCC)cc21. The fourth-order valence-electron chi connectivity index (χ4n) is 2.56. The number of benzene rings is 1. The van der Waals surface area contributed by atoms with E-state index in [9.17, 15) is 0 Å². The maximum Gasteiger partial charge on any atom is 0.119 e. The van der Waals surface area contributed by atoms with Gasteiger partial charge in [0.15, 0.2) is 0 Å². The molecule has 1 aliphatic heterocycles. The van der Waals surface area contributed by atoms with Gasteiger partial charge in [0, 0.05) is 17.0 Å². The molecule has 1 heterocycles.